The third-order valence-electron chi connectivity index (χ3n) is 3.12. The fourth-order valence-corrected chi connectivity index (χ4v) is 1.98. The molecule has 1 aliphatic rings. The molecule has 1 amide bonds. The minimum Gasteiger partial charge on any atom is -0.497 e. The van der Waals surface area contributed by atoms with Gasteiger partial charge in [-0.05, 0) is 24.3 Å². The average Bonchev–Trinajstić information content (AvgIpc) is 2.89. The summed E-state index contributed by atoms with van der Waals surface area (Å²) in [6.45, 7) is 1.22. The summed E-state index contributed by atoms with van der Waals surface area (Å²) in [7, 11) is 1.61. The van der Waals surface area contributed by atoms with E-state index in [2.05, 4.69) is 10.6 Å². The second kappa shape index (κ2) is 7.12. The molecule has 1 aromatic carbocycles. The highest BCUT2D eigenvalue weighted by molar-refractivity contribution is 5.78. The van der Waals surface area contributed by atoms with Gasteiger partial charge in [-0.3, -0.25) is 4.79 Å². The van der Waals surface area contributed by atoms with E-state index in [0.717, 1.165) is 5.75 Å². The number of carbonyl (C=O) groups is 1. The van der Waals surface area contributed by atoms with Crippen LogP contribution < -0.4 is 20.1 Å². The molecule has 0 radical (unpaired) electrons. The first kappa shape index (κ1) is 14.6. The SMILES string of the molecule is COc1ccc(OCC(O)CNC2CNC(=O)C2)cc1. The molecule has 110 valence electrons. The Hall–Kier alpha value is -1.79. The van der Waals surface area contributed by atoms with Gasteiger partial charge in [0.05, 0.1) is 7.11 Å². The molecule has 6 nitrogen and oxygen atoms in total. The van der Waals surface area contributed by atoms with Gasteiger partial charge >= 0.3 is 0 Å². The monoisotopic (exact) mass is 280 g/mol. The second-order valence-corrected chi connectivity index (χ2v) is 4.75. The fraction of sp³-hybridized carbons (Fsp3) is 0.500. The molecule has 1 heterocycles. The maximum Gasteiger partial charge on any atom is 0.221 e. The van der Waals surface area contributed by atoms with Gasteiger partial charge in [0.25, 0.3) is 0 Å². The minimum atomic E-state index is -0.618. The highest BCUT2D eigenvalue weighted by Gasteiger charge is 2.21. The Morgan fingerprint density at radius 2 is 2.10 bits per heavy atom. The molecule has 0 bridgehead atoms. The molecule has 0 aromatic heterocycles. The molecule has 1 saturated heterocycles. The summed E-state index contributed by atoms with van der Waals surface area (Å²) in [5.41, 5.74) is 0. The van der Waals surface area contributed by atoms with Gasteiger partial charge in [-0.1, -0.05) is 0 Å². The molecule has 1 aliphatic heterocycles. The van der Waals surface area contributed by atoms with Gasteiger partial charge < -0.3 is 25.2 Å². The van der Waals surface area contributed by atoms with E-state index in [1.165, 1.54) is 0 Å². The lowest BCUT2D eigenvalue weighted by Crippen LogP contribution is -2.39. The summed E-state index contributed by atoms with van der Waals surface area (Å²) in [6, 6.07) is 7.28. The molecule has 2 atom stereocenters. The van der Waals surface area contributed by atoms with Gasteiger partial charge in [0, 0.05) is 25.6 Å². The number of ether oxygens (including phenoxy) is 2. The van der Waals surface area contributed by atoms with Crippen LogP contribution in [0.1, 0.15) is 6.42 Å². The molecule has 2 unspecified atom stereocenters. The number of carbonyl (C=O) groups excluding carboxylic acids is 1. The lowest BCUT2D eigenvalue weighted by Gasteiger charge is -2.16. The van der Waals surface area contributed by atoms with Crippen LogP contribution in [0, 0.1) is 0 Å². The molecule has 0 aliphatic carbocycles. The first-order chi connectivity index (χ1) is 9.67. The van der Waals surface area contributed by atoms with Crippen LogP contribution in [0.2, 0.25) is 0 Å². The van der Waals surface area contributed by atoms with E-state index in [1.807, 2.05) is 0 Å². The highest BCUT2D eigenvalue weighted by atomic mass is 16.5. The van der Waals surface area contributed by atoms with Crippen molar-refractivity contribution >= 4 is 5.91 Å². The normalized spacial score (nSPS) is 19.5. The maximum atomic E-state index is 11.0. The van der Waals surface area contributed by atoms with Crippen molar-refractivity contribution in [2.75, 3.05) is 26.8 Å². The molecular weight excluding hydrogens is 260 g/mol. The number of methoxy groups -OCH3 is 1. The van der Waals surface area contributed by atoms with E-state index >= 15 is 0 Å². The van der Waals surface area contributed by atoms with E-state index in [4.69, 9.17) is 9.47 Å². The summed E-state index contributed by atoms with van der Waals surface area (Å²) in [5, 5.41) is 15.7. The van der Waals surface area contributed by atoms with Crippen molar-refractivity contribution in [2.45, 2.75) is 18.6 Å². The highest BCUT2D eigenvalue weighted by Crippen LogP contribution is 2.17. The van der Waals surface area contributed by atoms with Crippen molar-refractivity contribution < 1.29 is 19.4 Å². The summed E-state index contributed by atoms with van der Waals surface area (Å²) in [5.74, 6) is 1.49. The van der Waals surface area contributed by atoms with E-state index in [0.29, 0.717) is 25.3 Å². The van der Waals surface area contributed by atoms with Crippen molar-refractivity contribution in [3.8, 4) is 11.5 Å². The van der Waals surface area contributed by atoms with Crippen molar-refractivity contribution in [3.63, 3.8) is 0 Å². The summed E-state index contributed by atoms with van der Waals surface area (Å²) < 4.78 is 10.5. The van der Waals surface area contributed by atoms with Crippen LogP contribution in [0.4, 0.5) is 0 Å². The topological polar surface area (TPSA) is 79.8 Å². The molecule has 2 rings (SSSR count). The molecular formula is C14H20N2O4. The zero-order valence-electron chi connectivity index (χ0n) is 11.5. The molecule has 1 aromatic rings. The fourth-order valence-electron chi connectivity index (χ4n) is 1.98. The third-order valence-corrected chi connectivity index (χ3v) is 3.12. The van der Waals surface area contributed by atoms with E-state index in [1.54, 1.807) is 31.4 Å². The largest absolute Gasteiger partial charge is 0.497 e. The molecule has 0 saturated carbocycles. The van der Waals surface area contributed by atoms with Gasteiger partial charge in [-0.2, -0.15) is 0 Å². The number of hydrogen-bond donors (Lipinski definition) is 3. The third kappa shape index (κ3) is 4.40. The Morgan fingerprint density at radius 3 is 2.70 bits per heavy atom. The number of rotatable bonds is 7. The number of aliphatic hydroxyl groups excluding tert-OH is 1. The number of hydrogen-bond acceptors (Lipinski definition) is 5. The van der Waals surface area contributed by atoms with Crippen molar-refractivity contribution in [1.82, 2.24) is 10.6 Å². The van der Waals surface area contributed by atoms with Gasteiger partial charge in [-0.25, -0.2) is 0 Å². The molecule has 20 heavy (non-hydrogen) atoms. The van der Waals surface area contributed by atoms with Gasteiger partial charge in [0.1, 0.15) is 24.2 Å². The van der Waals surface area contributed by atoms with Gasteiger partial charge in [0.15, 0.2) is 0 Å². The van der Waals surface area contributed by atoms with Gasteiger partial charge in [0.2, 0.25) is 5.91 Å². The van der Waals surface area contributed by atoms with Crippen LogP contribution in [0.5, 0.6) is 11.5 Å². The lowest BCUT2D eigenvalue weighted by molar-refractivity contribution is -0.119. The van der Waals surface area contributed by atoms with Crippen molar-refractivity contribution in [2.24, 2.45) is 0 Å². The molecule has 0 spiro atoms. The molecule has 1 fully saturated rings. The quantitative estimate of drug-likeness (QED) is 0.650. The van der Waals surface area contributed by atoms with Crippen molar-refractivity contribution in [1.29, 1.82) is 0 Å². The predicted molar refractivity (Wildman–Crippen MR) is 73.9 cm³/mol. The molecule has 3 N–H and O–H groups in total. The first-order valence-corrected chi connectivity index (χ1v) is 6.62. The Labute approximate surface area is 118 Å². The zero-order chi connectivity index (χ0) is 14.4. The number of benzene rings is 1. The zero-order valence-corrected chi connectivity index (χ0v) is 11.5. The Balaban J connectivity index is 1.66. The van der Waals surface area contributed by atoms with E-state index in [9.17, 15) is 9.90 Å². The average molecular weight is 280 g/mol. The molecule has 6 heteroatoms. The Kier molecular flexibility index (Phi) is 5.20. The lowest BCUT2D eigenvalue weighted by atomic mass is 10.2. The van der Waals surface area contributed by atoms with E-state index in [-0.39, 0.29) is 18.6 Å². The summed E-state index contributed by atoms with van der Waals surface area (Å²) >= 11 is 0. The maximum absolute atomic E-state index is 11.0. The van der Waals surface area contributed by atoms with Crippen LogP contribution in [0.15, 0.2) is 24.3 Å². The van der Waals surface area contributed by atoms with Crippen LogP contribution in [-0.4, -0.2) is 50.0 Å². The minimum absolute atomic E-state index is 0.0477. The standard InChI is InChI=1S/C14H20N2O4/c1-19-12-2-4-13(5-3-12)20-9-11(17)8-15-10-6-14(18)16-7-10/h2-5,10-11,15,17H,6-9H2,1H3,(H,16,18). The number of aliphatic hydroxyl groups is 1. The number of amides is 1. The van der Waals surface area contributed by atoms with Crippen LogP contribution >= 0.6 is 0 Å². The van der Waals surface area contributed by atoms with Gasteiger partial charge in [-0.15, -0.1) is 0 Å². The Morgan fingerprint density at radius 1 is 1.40 bits per heavy atom. The Bertz CT molecular complexity index is 435. The van der Waals surface area contributed by atoms with Crippen LogP contribution in [-0.2, 0) is 4.79 Å². The van der Waals surface area contributed by atoms with Crippen LogP contribution in [0.3, 0.4) is 0 Å². The van der Waals surface area contributed by atoms with E-state index < -0.39 is 6.10 Å². The number of nitrogens with one attached hydrogen (secondary N) is 2. The first-order valence-electron chi connectivity index (χ1n) is 6.62. The smallest absolute Gasteiger partial charge is 0.221 e. The summed E-state index contributed by atoms with van der Waals surface area (Å²) in [6.07, 6.45) is -0.153. The predicted octanol–water partition coefficient (Wildman–Crippen LogP) is -0.0870. The summed E-state index contributed by atoms with van der Waals surface area (Å²) in [4.78, 5) is 11.0. The van der Waals surface area contributed by atoms with Crippen molar-refractivity contribution in [3.05, 3.63) is 24.3 Å². The second-order valence-electron chi connectivity index (χ2n) is 4.75. The van der Waals surface area contributed by atoms with Crippen LogP contribution in [0.25, 0.3) is 0 Å².